The molecule has 1 heterocycles. The molecule has 3 nitrogen and oxygen atoms in total. The number of alkyl halides is 1. The van der Waals surface area contributed by atoms with Gasteiger partial charge >= 0.3 is 0 Å². The molecular formula is C12H22ClN3. The summed E-state index contributed by atoms with van der Waals surface area (Å²) in [5, 5.41) is 7.92. The first-order valence-corrected chi connectivity index (χ1v) is 6.37. The van der Waals surface area contributed by atoms with Crippen LogP contribution in [0.5, 0.6) is 0 Å². The van der Waals surface area contributed by atoms with Crippen LogP contribution in [0.1, 0.15) is 45.9 Å². The molecule has 16 heavy (non-hydrogen) atoms. The molecule has 1 unspecified atom stereocenters. The molecule has 0 fully saturated rings. The lowest BCUT2D eigenvalue weighted by Gasteiger charge is -2.22. The van der Waals surface area contributed by atoms with E-state index < -0.39 is 0 Å². The second kappa shape index (κ2) is 5.69. The van der Waals surface area contributed by atoms with E-state index in [1.807, 2.05) is 10.9 Å². The number of aromatic nitrogens is 2. The van der Waals surface area contributed by atoms with Crippen LogP contribution < -0.4 is 5.32 Å². The summed E-state index contributed by atoms with van der Waals surface area (Å²) in [6, 6.07) is 2.53. The van der Waals surface area contributed by atoms with Crippen molar-refractivity contribution in [1.82, 2.24) is 15.1 Å². The summed E-state index contributed by atoms with van der Waals surface area (Å²) in [5.74, 6) is 0.596. The molecule has 0 aliphatic rings. The van der Waals surface area contributed by atoms with Gasteiger partial charge in [-0.1, -0.05) is 6.92 Å². The normalized spacial score (nSPS) is 14.1. The van der Waals surface area contributed by atoms with Crippen molar-refractivity contribution >= 4 is 11.6 Å². The molecule has 0 saturated heterocycles. The molecule has 0 radical (unpaired) electrons. The second-order valence-electron chi connectivity index (χ2n) is 4.92. The SMILES string of the molecule is CCC(C)n1ccc(CNC(C)(C)CCl)n1. The molecule has 0 bridgehead atoms. The van der Waals surface area contributed by atoms with Crippen LogP contribution in [0.4, 0.5) is 0 Å². The van der Waals surface area contributed by atoms with Gasteiger partial charge in [-0.05, 0) is 33.3 Å². The number of nitrogens with zero attached hydrogens (tertiary/aromatic N) is 2. The van der Waals surface area contributed by atoms with E-state index in [1.54, 1.807) is 0 Å². The van der Waals surface area contributed by atoms with Crippen molar-refractivity contribution in [2.45, 2.75) is 52.2 Å². The van der Waals surface area contributed by atoms with E-state index in [9.17, 15) is 0 Å². The average molecular weight is 244 g/mol. The van der Waals surface area contributed by atoms with E-state index in [2.05, 4.69) is 44.2 Å². The summed E-state index contributed by atoms with van der Waals surface area (Å²) in [7, 11) is 0. The number of hydrogen-bond donors (Lipinski definition) is 1. The van der Waals surface area contributed by atoms with Gasteiger partial charge in [0, 0.05) is 30.2 Å². The van der Waals surface area contributed by atoms with E-state index in [0.717, 1.165) is 18.7 Å². The summed E-state index contributed by atoms with van der Waals surface area (Å²) < 4.78 is 2.02. The third-order valence-corrected chi connectivity index (χ3v) is 3.46. The van der Waals surface area contributed by atoms with E-state index in [1.165, 1.54) is 0 Å². The molecule has 0 amide bonds. The summed E-state index contributed by atoms with van der Waals surface area (Å²) in [5.41, 5.74) is 1.03. The van der Waals surface area contributed by atoms with Gasteiger partial charge in [-0.3, -0.25) is 4.68 Å². The van der Waals surface area contributed by atoms with Gasteiger partial charge in [0.2, 0.25) is 0 Å². The van der Waals surface area contributed by atoms with Crippen molar-refractivity contribution in [3.05, 3.63) is 18.0 Å². The quantitative estimate of drug-likeness (QED) is 0.779. The van der Waals surface area contributed by atoms with Gasteiger partial charge < -0.3 is 5.32 Å². The number of halogens is 1. The molecular weight excluding hydrogens is 222 g/mol. The summed E-state index contributed by atoms with van der Waals surface area (Å²) in [6.07, 6.45) is 3.14. The first-order valence-electron chi connectivity index (χ1n) is 5.83. The smallest absolute Gasteiger partial charge is 0.0762 e. The Balaban J connectivity index is 2.53. The average Bonchev–Trinajstić information content (AvgIpc) is 2.74. The van der Waals surface area contributed by atoms with Crippen LogP contribution in [0.3, 0.4) is 0 Å². The molecule has 1 rings (SSSR count). The summed E-state index contributed by atoms with van der Waals surface area (Å²) in [6.45, 7) is 9.29. The molecule has 1 N–H and O–H groups in total. The zero-order valence-corrected chi connectivity index (χ0v) is 11.4. The molecule has 4 heteroatoms. The predicted molar refractivity (Wildman–Crippen MR) is 68.9 cm³/mol. The third-order valence-electron chi connectivity index (χ3n) is 2.79. The van der Waals surface area contributed by atoms with Crippen molar-refractivity contribution < 1.29 is 0 Å². The number of nitrogens with one attached hydrogen (secondary N) is 1. The molecule has 0 aliphatic carbocycles. The van der Waals surface area contributed by atoms with E-state index in [4.69, 9.17) is 11.6 Å². The lowest BCUT2D eigenvalue weighted by atomic mass is 10.1. The number of rotatable bonds is 6. The van der Waals surface area contributed by atoms with Crippen molar-refractivity contribution in [3.63, 3.8) is 0 Å². The Morgan fingerprint density at radius 3 is 2.81 bits per heavy atom. The van der Waals surface area contributed by atoms with Crippen LogP contribution in [0.2, 0.25) is 0 Å². The fourth-order valence-corrected chi connectivity index (χ4v) is 1.38. The minimum atomic E-state index is -0.0400. The highest BCUT2D eigenvalue weighted by atomic mass is 35.5. The Bertz CT molecular complexity index is 320. The van der Waals surface area contributed by atoms with Gasteiger partial charge in [-0.25, -0.2) is 0 Å². The Morgan fingerprint density at radius 1 is 1.56 bits per heavy atom. The lowest BCUT2D eigenvalue weighted by Crippen LogP contribution is -2.40. The molecule has 1 aromatic heterocycles. The Labute approximate surface area is 103 Å². The molecule has 1 aromatic rings. The summed E-state index contributed by atoms with van der Waals surface area (Å²) in [4.78, 5) is 0. The summed E-state index contributed by atoms with van der Waals surface area (Å²) >= 11 is 5.85. The van der Waals surface area contributed by atoms with E-state index >= 15 is 0 Å². The van der Waals surface area contributed by atoms with Gasteiger partial charge in [0.25, 0.3) is 0 Å². The van der Waals surface area contributed by atoms with Crippen LogP contribution in [0, 0.1) is 0 Å². The topological polar surface area (TPSA) is 29.9 Å². The molecule has 0 saturated carbocycles. The van der Waals surface area contributed by atoms with E-state index in [-0.39, 0.29) is 5.54 Å². The zero-order valence-electron chi connectivity index (χ0n) is 10.6. The minimum Gasteiger partial charge on any atom is -0.305 e. The molecule has 1 atom stereocenters. The minimum absolute atomic E-state index is 0.0400. The van der Waals surface area contributed by atoms with Gasteiger partial charge in [0.05, 0.1) is 5.69 Å². The highest BCUT2D eigenvalue weighted by Crippen LogP contribution is 2.10. The van der Waals surface area contributed by atoms with Crippen molar-refractivity contribution in [3.8, 4) is 0 Å². The Morgan fingerprint density at radius 2 is 2.25 bits per heavy atom. The van der Waals surface area contributed by atoms with Crippen molar-refractivity contribution in [2.75, 3.05) is 5.88 Å². The van der Waals surface area contributed by atoms with Gasteiger partial charge in [-0.15, -0.1) is 11.6 Å². The van der Waals surface area contributed by atoms with Crippen LogP contribution in [-0.2, 0) is 6.54 Å². The van der Waals surface area contributed by atoms with E-state index in [0.29, 0.717) is 11.9 Å². The van der Waals surface area contributed by atoms with Gasteiger partial charge in [0.15, 0.2) is 0 Å². The Hall–Kier alpha value is -0.540. The fraction of sp³-hybridized carbons (Fsp3) is 0.750. The van der Waals surface area contributed by atoms with Crippen molar-refractivity contribution in [1.29, 1.82) is 0 Å². The predicted octanol–water partition coefficient (Wildman–Crippen LogP) is 2.96. The van der Waals surface area contributed by atoms with Crippen molar-refractivity contribution in [2.24, 2.45) is 0 Å². The second-order valence-corrected chi connectivity index (χ2v) is 5.18. The monoisotopic (exact) mass is 243 g/mol. The number of hydrogen-bond acceptors (Lipinski definition) is 2. The van der Waals surface area contributed by atoms with Crippen LogP contribution in [0.25, 0.3) is 0 Å². The molecule has 92 valence electrons. The lowest BCUT2D eigenvalue weighted by molar-refractivity contribution is 0.419. The maximum Gasteiger partial charge on any atom is 0.0762 e. The largest absolute Gasteiger partial charge is 0.305 e. The maximum absolute atomic E-state index is 5.85. The van der Waals surface area contributed by atoms with Gasteiger partial charge in [-0.2, -0.15) is 5.10 Å². The molecule has 0 aliphatic heterocycles. The third kappa shape index (κ3) is 3.80. The first kappa shape index (κ1) is 13.5. The van der Waals surface area contributed by atoms with Gasteiger partial charge in [0.1, 0.15) is 0 Å². The molecule has 0 aromatic carbocycles. The fourth-order valence-electron chi connectivity index (χ4n) is 1.28. The first-order chi connectivity index (χ1) is 7.48. The Kier molecular flexibility index (Phi) is 4.81. The highest BCUT2D eigenvalue weighted by molar-refractivity contribution is 6.18. The van der Waals surface area contributed by atoms with Crippen LogP contribution in [-0.4, -0.2) is 21.2 Å². The van der Waals surface area contributed by atoms with Crippen LogP contribution in [0.15, 0.2) is 12.3 Å². The zero-order chi connectivity index (χ0) is 12.2. The standard InChI is InChI=1S/C12H22ClN3/c1-5-10(2)16-7-6-11(15-16)8-14-12(3,4)9-13/h6-7,10,14H,5,8-9H2,1-4H3. The molecule has 0 spiro atoms. The maximum atomic E-state index is 5.85. The highest BCUT2D eigenvalue weighted by Gasteiger charge is 2.15. The van der Waals surface area contributed by atoms with Crippen LogP contribution >= 0.6 is 11.6 Å².